The number of nitrogens with zero attached hydrogens (tertiary/aromatic N) is 2. The maximum absolute atomic E-state index is 8.52. The zero-order valence-electron chi connectivity index (χ0n) is 5.41. The third-order valence-corrected chi connectivity index (χ3v) is 4.25. The number of hydrogen-bond donors (Lipinski definition) is 2. The van der Waals surface area contributed by atoms with Crippen molar-refractivity contribution in [2.24, 2.45) is 10.2 Å². The molecule has 0 bridgehead atoms. The summed E-state index contributed by atoms with van der Waals surface area (Å²) in [6, 6.07) is 0. The van der Waals surface area contributed by atoms with Gasteiger partial charge in [-0.15, -0.1) is 10.2 Å². The minimum Gasteiger partial charge on any atom is -0.402 e. The van der Waals surface area contributed by atoms with Crippen molar-refractivity contribution in [3.8, 4) is 0 Å². The molecule has 2 N–H and O–H groups in total. The van der Waals surface area contributed by atoms with Crippen LogP contribution in [0.25, 0.3) is 0 Å². The Morgan fingerprint density at radius 3 is 2.33 bits per heavy atom. The largest absolute Gasteiger partial charge is 0.636 e. The van der Waals surface area contributed by atoms with E-state index in [9.17, 15) is 0 Å². The molecule has 1 rings (SSSR count). The molecule has 0 fully saturated rings. The molecule has 0 saturated carbocycles. The second-order valence-electron chi connectivity index (χ2n) is 1.81. The van der Waals surface area contributed by atoms with E-state index >= 15 is 0 Å². The molecular formula is C3H2BBr3N2O3. The van der Waals surface area contributed by atoms with Crippen LogP contribution in [-0.4, -0.2) is 22.0 Å². The lowest BCUT2D eigenvalue weighted by atomic mass is 10.2. The monoisotopic (exact) mass is 362 g/mol. The summed E-state index contributed by atoms with van der Waals surface area (Å²) in [7, 11) is -1.92. The zero-order valence-corrected chi connectivity index (χ0v) is 10.2. The Morgan fingerprint density at radius 2 is 2.00 bits per heavy atom. The van der Waals surface area contributed by atoms with Gasteiger partial charge in [0.1, 0.15) is 4.61 Å². The molecule has 0 saturated heterocycles. The summed E-state index contributed by atoms with van der Waals surface area (Å²) in [5.74, 6) is 0. The minimum atomic E-state index is -1.92. The smallest absolute Gasteiger partial charge is 0.402 e. The summed E-state index contributed by atoms with van der Waals surface area (Å²) in [4.78, 5) is 0. The first-order chi connectivity index (χ1) is 5.46. The van der Waals surface area contributed by atoms with E-state index < -0.39 is 12.0 Å². The lowest BCUT2D eigenvalue weighted by molar-refractivity contribution is 0.132. The van der Waals surface area contributed by atoms with Gasteiger partial charge in [-0.2, -0.15) is 0 Å². The Kier molecular flexibility index (Phi) is 3.46. The average molecular weight is 365 g/mol. The van der Waals surface area contributed by atoms with Crippen molar-refractivity contribution in [2.75, 3.05) is 0 Å². The van der Waals surface area contributed by atoms with E-state index in [-0.39, 0.29) is 0 Å². The van der Waals surface area contributed by atoms with Gasteiger partial charge >= 0.3 is 7.32 Å². The van der Waals surface area contributed by atoms with Crippen LogP contribution in [0.3, 0.4) is 0 Å². The van der Waals surface area contributed by atoms with Gasteiger partial charge in [-0.05, 0) is 47.8 Å². The SMILES string of the molecule is OB(O)OC1(Br)N=NC(Br)=C1Br. The topological polar surface area (TPSA) is 74.4 Å². The highest BCUT2D eigenvalue weighted by molar-refractivity contribution is 9.15. The van der Waals surface area contributed by atoms with Crippen LogP contribution >= 0.6 is 47.8 Å². The molecule has 1 unspecified atom stereocenters. The van der Waals surface area contributed by atoms with E-state index in [1.54, 1.807) is 0 Å². The van der Waals surface area contributed by atoms with Crippen LogP contribution in [-0.2, 0) is 4.65 Å². The summed E-state index contributed by atoms with van der Waals surface area (Å²) in [6.45, 7) is 0. The molecule has 9 heteroatoms. The van der Waals surface area contributed by atoms with Gasteiger partial charge in [0, 0.05) is 0 Å². The van der Waals surface area contributed by atoms with Crippen LogP contribution in [0, 0.1) is 0 Å². The average Bonchev–Trinajstić information content (AvgIpc) is 2.16. The van der Waals surface area contributed by atoms with Gasteiger partial charge in [0.05, 0.1) is 4.48 Å². The fourth-order valence-electron chi connectivity index (χ4n) is 0.538. The van der Waals surface area contributed by atoms with Gasteiger partial charge in [0.25, 0.3) is 4.63 Å². The molecule has 1 atom stereocenters. The molecule has 0 spiro atoms. The van der Waals surface area contributed by atoms with Gasteiger partial charge in [0.2, 0.25) is 0 Å². The van der Waals surface area contributed by atoms with Crippen molar-refractivity contribution in [3.63, 3.8) is 0 Å². The molecule has 0 radical (unpaired) electrons. The van der Waals surface area contributed by atoms with Crippen molar-refractivity contribution in [1.82, 2.24) is 0 Å². The van der Waals surface area contributed by atoms with Crippen molar-refractivity contribution in [2.45, 2.75) is 4.63 Å². The highest BCUT2D eigenvalue weighted by Gasteiger charge is 2.40. The second kappa shape index (κ2) is 3.85. The Bertz CT molecular complexity index is 257. The first-order valence-corrected chi connectivity index (χ1v) is 5.05. The standard InChI is InChI=1S/C3H2BBr3N2O3/c5-1-2(6)8-9-3(1,7)12-4(10)11/h10-11H. The summed E-state index contributed by atoms with van der Waals surface area (Å²) < 4.78 is 4.14. The predicted molar refractivity (Wildman–Crippen MR) is 52.7 cm³/mol. The first-order valence-electron chi connectivity index (χ1n) is 2.67. The van der Waals surface area contributed by atoms with E-state index in [1.807, 2.05) is 0 Å². The molecule has 5 nitrogen and oxygen atoms in total. The minimum absolute atomic E-state index is 0.431. The van der Waals surface area contributed by atoms with Gasteiger partial charge in [-0.1, -0.05) is 0 Å². The van der Waals surface area contributed by atoms with Crippen molar-refractivity contribution in [3.05, 3.63) is 9.09 Å². The quantitative estimate of drug-likeness (QED) is 0.442. The molecule has 0 aromatic heterocycles. The first kappa shape index (κ1) is 10.8. The number of rotatable bonds is 2. The fraction of sp³-hybridized carbons (Fsp3) is 0.333. The summed E-state index contributed by atoms with van der Waals surface area (Å²) >= 11 is 9.19. The van der Waals surface area contributed by atoms with Crippen LogP contribution in [0.15, 0.2) is 19.3 Å². The number of hydrogen-bond acceptors (Lipinski definition) is 5. The van der Waals surface area contributed by atoms with Crippen molar-refractivity contribution < 1.29 is 14.7 Å². The molecule has 0 aromatic rings. The van der Waals surface area contributed by atoms with E-state index in [4.69, 9.17) is 10.0 Å². The van der Waals surface area contributed by atoms with Gasteiger partial charge in [-0.3, -0.25) is 0 Å². The Balaban J connectivity index is 2.82. The second-order valence-corrected chi connectivity index (χ2v) is 4.43. The molecule has 0 amide bonds. The summed E-state index contributed by atoms with van der Waals surface area (Å²) in [6.07, 6.45) is 0. The van der Waals surface area contributed by atoms with Crippen LogP contribution in [0.5, 0.6) is 0 Å². The van der Waals surface area contributed by atoms with Crippen LogP contribution in [0.1, 0.15) is 0 Å². The van der Waals surface area contributed by atoms with Crippen LogP contribution < -0.4 is 0 Å². The highest BCUT2D eigenvalue weighted by atomic mass is 79.9. The Hall–Kier alpha value is 0.725. The van der Waals surface area contributed by atoms with Crippen LogP contribution in [0.4, 0.5) is 0 Å². The van der Waals surface area contributed by atoms with Crippen molar-refractivity contribution >= 4 is 55.1 Å². The molecule has 0 aromatic carbocycles. The van der Waals surface area contributed by atoms with Crippen LogP contribution in [0.2, 0.25) is 0 Å². The molecule has 1 heterocycles. The van der Waals surface area contributed by atoms with E-state index in [0.29, 0.717) is 9.09 Å². The molecule has 0 aliphatic carbocycles. The van der Waals surface area contributed by atoms with Crippen molar-refractivity contribution in [1.29, 1.82) is 0 Å². The molecule has 1 aliphatic rings. The highest BCUT2D eigenvalue weighted by Crippen LogP contribution is 2.44. The van der Waals surface area contributed by atoms with Gasteiger partial charge in [0.15, 0.2) is 0 Å². The predicted octanol–water partition coefficient (Wildman–Crippen LogP) is 1.45. The fourth-order valence-corrected chi connectivity index (χ4v) is 1.84. The molecule has 1 aliphatic heterocycles. The Morgan fingerprint density at radius 1 is 1.42 bits per heavy atom. The van der Waals surface area contributed by atoms with Gasteiger partial charge in [-0.25, -0.2) is 0 Å². The zero-order chi connectivity index (χ0) is 9.35. The molecular weight excluding hydrogens is 363 g/mol. The number of halogens is 3. The third kappa shape index (κ3) is 2.15. The third-order valence-electron chi connectivity index (χ3n) is 0.980. The maximum atomic E-state index is 8.52. The molecule has 12 heavy (non-hydrogen) atoms. The lowest BCUT2D eigenvalue weighted by Gasteiger charge is -2.17. The summed E-state index contributed by atoms with van der Waals surface area (Å²) in [5, 5.41) is 24.3. The molecule has 66 valence electrons. The maximum Gasteiger partial charge on any atom is 0.636 e. The Labute approximate surface area is 93.5 Å². The number of alkyl halides is 1. The van der Waals surface area contributed by atoms with E-state index in [2.05, 4.69) is 62.7 Å². The van der Waals surface area contributed by atoms with E-state index in [0.717, 1.165) is 0 Å². The van der Waals surface area contributed by atoms with Gasteiger partial charge < -0.3 is 14.7 Å². The van der Waals surface area contributed by atoms with E-state index in [1.165, 1.54) is 0 Å². The number of azo groups is 1. The summed E-state index contributed by atoms with van der Waals surface area (Å²) in [5.41, 5.74) is 0. The normalized spacial score (nSPS) is 28.4. The lowest BCUT2D eigenvalue weighted by Crippen LogP contribution is -2.31.